The topological polar surface area (TPSA) is 0 Å². The summed E-state index contributed by atoms with van der Waals surface area (Å²) in [5.41, 5.74) is 1.82. The van der Waals surface area contributed by atoms with E-state index in [0.717, 1.165) is 45.5 Å². The minimum Gasteiger partial charge on any atom is -0.241 e. The highest BCUT2D eigenvalue weighted by Crippen LogP contribution is 2.41. The molecule has 0 aromatic heterocycles. The zero-order chi connectivity index (χ0) is 16.0. The molecule has 0 fully saturated rings. The van der Waals surface area contributed by atoms with Crippen LogP contribution in [-0.4, -0.2) is 12.6 Å². The molecular formula is C20H17F3. The van der Waals surface area contributed by atoms with E-state index < -0.39 is 18.5 Å². The summed E-state index contributed by atoms with van der Waals surface area (Å²) in [6.07, 6.45) is -2.91. The van der Waals surface area contributed by atoms with Crippen LogP contribution in [0.15, 0.2) is 48.5 Å². The van der Waals surface area contributed by atoms with Gasteiger partial charge in [-0.3, -0.25) is 0 Å². The lowest BCUT2D eigenvalue weighted by atomic mass is 9.78. The van der Waals surface area contributed by atoms with Crippen molar-refractivity contribution in [3.63, 3.8) is 0 Å². The van der Waals surface area contributed by atoms with E-state index in [4.69, 9.17) is 0 Å². The molecular weight excluding hydrogens is 297 g/mol. The maximum Gasteiger partial charge on any atom is 0.269 e. The van der Waals surface area contributed by atoms with E-state index in [2.05, 4.69) is 24.3 Å². The van der Waals surface area contributed by atoms with Crippen molar-refractivity contribution < 1.29 is 13.2 Å². The molecule has 2 atom stereocenters. The van der Waals surface area contributed by atoms with Crippen LogP contribution in [0.25, 0.3) is 21.5 Å². The molecule has 3 aromatic carbocycles. The number of aryl methyl sites for hydroxylation is 1. The lowest BCUT2D eigenvalue weighted by molar-refractivity contribution is 0.0311. The number of benzene rings is 3. The van der Waals surface area contributed by atoms with E-state index in [1.54, 1.807) is 0 Å². The quantitative estimate of drug-likeness (QED) is 0.508. The van der Waals surface area contributed by atoms with Crippen molar-refractivity contribution in [1.29, 1.82) is 0 Å². The molecule has 4 rings (SSSR count). The van der Waals surface area contributed by atoms with Gasteiger partial charge in [-0.25, -0.2) is 13.2 Å². The standard InChI is InChI=1S/C20H17F3/c21-19(20(22)23)18-7-3-6-14-16-9-8-12-4-1-2-5-13(12)15(16)10-11-17(14)18/h1-2,4-5,8-11,18-20H,3,6-7H2. The summed E-state index contributed by atoms with van der Waals surface area (Å²) in [4.78, 5) is 0. The first-order chi connectivity index (χ1) is 11.2. The number of fused-ring (bicyclic) bond motifs is 5. The largest absolute Gasteiger partial charge is 0.269 e. The molecule has 0 saturated heterocycles. The van der Waals surface area contributed by atoms with Crippen molar-refractivity contribution in [2.24, 2.45) is 0 Å². The summed E-state index contributed by atoms with van der Waals surface area (Å²) >= 11 is 0. The monoisotopic (exact) mass is 314 g/mol. The van der Waals surface area contributed by atoms with Crippen LogP contribution < -0.4 is 0 Å². The van der Waals surface area contributed by atoms with Crippen molar-refractivity contribution in [2.45, 2.75) is 37.8 Å². The number of hydrogen-bond acceptors (Lipinski definition) is 0. The van der Waals surface area contributed by atoms with Gasteiger partial charge in [0.1, 0.15) is 0 Å². The minimum absolute atomic E-state index is 0.498. The van der Waals surface area contributed by atoms with Crippen molar-refractivity contribution >= 4 is 21.5 Å². The van der Waals surface area contributed by atoms with Crippen LogP contribution >= 0.6 is 0 Å². The highest BCUT2D eigenvalue weighted by molar-refractivity contribution is 6.08. The number of alkyl halides is 3. The third-order valence-corrected chi connectivity index (χ3v) is 5.04. The summed E-state index contributed by atoms with van der Waals surface area (Å²) in [5, 5.41) is 4.51. The van der Waals surface area contributed by atoms with Crippen molar-refractivity contribution in [3.05, 3.63) is 59.7 Å². The maximum atomic E-state index is 14.0. The van der Waals surface area contributed by atoms with Crippen LogP contribution in [0.3, 0.4) is 0 Å². The summed E-state index contributed by atoms with van der Waals surface area (Å²) in [6.45, 7) is 0. The zero-order valence-electron chi connectivity index (χ0n) is 12.6. The summed E-state index contributed by atoms with van der Waals surface area (Å²) in [6, 6.07) is 16.1. The van der Waals surface area contributed by atoms with E-state index in [-0.39, 0.29) is 0 Å². The molecule has 0 heterocycles. The lowest BCUT2D eigenvalue weighted by Gasteiger charge is -2.29. The van der Waals surface area contributed by atoms with E-state index in [1.807, 2.05) is 24.3 Å². The van der Waals surface area contributed by atoms with Crippen LogP contribution in [0.4, 0.5) is 13.2 Å². The van der Waals surface area contributed by atoms with Gasteiger partial charge >= 0.3 is 0 Å². The predicted molar refractivity (Wildman–Crippen MR) is 88.0 cm³/mol. The fraction of sp³-hybridized carbons (Fsp3) is 0.300. The molecule has 118 valence electrons. The van der Waals surface area contributed by atoms with Gasteiger partial charge in [0.25, 0.3) is 6.43 Å². The first-order valence-electron chi connectivity index (χ1n) is 8.02. The summed E-state index contributed by atoms with van der Waals surface area (Å²) in [7, 11) is 0. The van der Waals surface area contributed by atoms with Gasteiger partial charge in [0, 0.05) is 5.92 Å². The fourth-order valence-electron chi connectivity index (χ4n) is 3.95. The van der Waals surface area contributed by atoms with Crippen LogP contribution in [0.5, 0.6) is 0 Å². The number of hydrogen-bond donors (Lipinski definition) is 0. The summed E-state index contributed by atoms with van der Waals surface area (Å²) in [5.74, 6) is -0.686. The van der Waals surface area contributed by atoms with Crippen molar-refractivity contribution in [3.8, 4) is 0 Å². The second-order valence-corrected chi connectivity index (χ2v) is 6.29. The zero-order valence-corrected chi connectivity index (χ0v) is 12.6. The normalized spacial score (nSPS) is 19.2. The SMILES string of the molecule is FC(F)C(F)C1CCCc2c1ccc1c2ccc2ccccc21. The molecule has 0 spiro atoms. The Kier molecular flexibility index (Phi) is 3.51. The molecule has 0 aliphatic heterocycles. The molecule has 0 amide bonds. The number of halogens is 3. The van der Waals surface area contributed by atoms with E-state index in [1.165, 1.54) is 0 Å². The molecule has 0 saturated carbocycles. The lowest BCUT2D eigenvalue weighted by Crippen LogP contribution is -2.25. The minimum atomic E-state index is -2.92. The van der Waals surface area contributed by atoms with Gasteiger partial charge in [-0.05, 0) is 51.9 Å². The molecule has 3 heteroatoms. The molecule has 1 aliphatic carbocycles. The van der Waals surface area contributed by atoms with Crippen LogP contribution in [0, 0.1) is 0 Å². The predicted octanol–water partition coefficient (Wildman–Crippen LogP) is 6.02. The average Bonchev–Trinajstić information content (AvgIpc) is 2.59. The number of rotatable bonds is 2. The van der Waals surface area contributed by atoms with Gasteiger partial charge in [-0.1, -0.05) is 48.5 Å². The molecule has 2 unspecified atom stereocenters. The Morgan fingerprint density at radius 3 is 2.43 bits per heavy atom. The Morgan fingerprint density at radius 2 is 1.61 bits per heavy atom. The molecule has 0 radical (unpaired) electrons. The smallest absolute Gasteiger partial charge is 0.241 e. The van der Waals surface area contributed by atoms with Gasteiger partial charge in [-0.15, -0.1) is 0 Å². The first-order valence-corrected chi connectivity index (χ1v) is 8.02. The Balaban J connectivity index is 1.95. The highest BCUT2D eigenvalue weighted by atomic mass is 19.3. The Bertz CT molecular complexity index is 869. The van der Waals surface area contributed by atoms with Crippen LogP contribution in [0.1, 0.15) is 29.9 Å². The van der Waals surface area contributed by atoms with E-state index >= 15 is 0 Å². The van der Waals surface area contributed by atoms with Gasteiger partial charge in [0.15, 0.2) is 6.17 Å². The third kappa shape index (κ3) is 2.30. The molecule has 0 N–H and O–H groups in total. The van der Waals surface area contributed by atoms with Crippen molar-refractivity contribution in [1.82, 2.24) is 0 Å². The third-order valence-electron chi connectivity index (χ3n) is 5.04. The Morgan fingerprint density at radius 1 is 0.826 bits per heavy atom. The maximum absolute atomic E-state index is 14.0. The fourth-order valence-corrected chi connectivity index (χ4v) is 3.95. The van der Waals surface area contributed by atoms with Crippen LogP contribution in [-0.2, 0) is 6.42 Å². The molecule has 23 heavy (non-hydrogen) atoms. The second-order valence-electron chi connectivity index (χ2n) is 6.29. The summed E-state index contributed by atoms with van der Waals surface area (Å²) < 4.78 is 39.7. The van der Waals surface area contributed by atoms with Crippen molar-refractivity contribution in [2.75, 3.05) is 0 Å². The average molecular weight is 314 g/mol. The van der Waals surface area contributed by atoms with Gasteiger partial charge in [0.2, 0.25) is 0 Å². The van der Waals surface area contributed by atoms with E-state index in [9.17, 15) is 13.2 Å². The second kappa shape index (κ2) is 5.55. The molecule has 3 aromatic rings. The molecule has 0 bridgehead atoms. The van der Waals surface area contributed by atoms with Gasteiger partial charge in [0.05, 0.1) is 0 Å². The molecule has 0 nitrogen and oxygen atoms in total. The highest BCUT2D eigenvalue weighted by Gasteiger charge is 2.34. The first kappa shape index (κ1) is 14.6. The Labute approximate surface area is 132 Å². The van der Waals surface area contributed by atoms with Gasteiger partial charge < -0.3 is 0 Å². The Hall–Kier alpha value is -2.03. The van der Waals surface area contributed by atoms with Crippen LogP contribution in [0.2, 0.25) is 0 Å². The van der Waals surface area contributed by atoms with E-state index in [0.29, 0.717) is 6.42 Å². The molecule has 1 aliphatic rings. The van der Waals surface area contributed by atoms with Gasteiger partial charge in [-0.2, -0.15) is 0 Å².